The number of hydrazone groups is 1. The second-order valence-electron chi connectivity index (χ2n) is 7.18. The smallest absolute Gasteiger partial charge is 0.339 e. The van der Waals surface area contributed by atoms with Crippen LogP contribution in [0.3, 0.4) is 0 Å². The summed E-state index contributed by atoms with van der Waals surface area (Å²) in [5.74, 6) is -0.747. The van der Waals surface area contributed by atoms with E-state index in [1.54, 1.807) is 66.7 Å². The van der Waals surface area contributed by atoms with Crippen LogP contribution in [0.2, 0.25) is 0 Å². The fourth-order valence-electron chi connectivity index (χ4n) is 2.90. The van der Waals surface area contributed by atoms with Crippen LogP contribution in [0.15, 0.2) is 94.9 Å². The lowest BCUT2D eigenvalue weighted by Crippen LogP contribution is -2.19. The minimum absolute atomic E-state index is 0.0152. The maximum absolute atomic E-state index is 12.5. The minimum Gasteiger partial charge on any atom is -0.378 e. The van der Waals surface area contributed by atoms with Gasteiger partial charge in [-0.05, 0) is 36.4 Å². The van der Waals surface area contributed by atoms with Crippen LogP contribution >= 0.6 is 11.3 Å². The van der Waals surface area contributed by atoms with Crippen LogP contribution in [-0.4, -0.2) is 36.6 Å². The van der Waals surface area contributed by atoms with Crippen LogP contribution in [0, 0.1) is 0 Å². The largest absolute Gasteiger partial charge is 0.378 e. The Kier molecular flexibility index (Phi) is 7.78. The van der Waals surface area contributed by atoms with E-state index in [9.17, 15) is 18.0 Å². The second kappa shape index (κ2) is 11.3. The number of nitrogens with one attached hydrogen (secondary N) is 2. The summed E-state index contributed by atoms with van der Waals surface area (Å²) >= 11 is 1.07. The first-order chi connectivity index (χ1) is 17.4. The molecule has 0 spiro atoms. The van der Waals surface area contributed by atoms with E-state index in [0.717, 1.165) is 11.3 Å². The highest BCUT2D eigenvalue weighted by molar-refractivity contribution is 7.87. The van der Waals surface area contributed by atoms with E-state index < -0.39 is 16.0 Å². The molecule has 0 aliphatic carbocycles. The van der Waals surface area contributed by atoms with Crippen molar-refractivity contribution in [3.63, 3.8) is 0 Å². The number of carbonyl (C=O) groups excluding carboxylic acids is 2. The van der Waals surface area contributed by atoms with Gasteiger partial charge in [0.25, 0.3) is 5.91 Å². The predicted molar refractivity (Wildman–Crippen MR) is 134 cm³/mol. The van der Waals surface area contributed by atoms with Crippen molar-refractivity contribution in [2.24, 2.45) is 5.10 Å². The van der Waals surface area contributed by atoms with Gasteiger partial charge in [0.2, 0.25) is 11.0 Å². The molecular formula is C24H19N5O5S2. The lowest BCUT2D eigenvalue weighted by molar-refractivity contribution is -0.120. The molecule has 0 atom stereocenters. The van der Waals surface area contributed by atoms with Gasteiger partial charge in [0.1, 0.15) is 9.90 Å². The molecule has 0 radical (unpaired) electrons. The Morgan fingerprint density at radius 3 is 2.33 bits per heavy atom. The van der Waals surface area contributed by atoms with E-state index in [-0.39, 0.29) is 28.1 Å². The third-order valence-corrected chi connectivity index (χ3v) is 6.67. The summed E-state index contributed by atoms with van der Waals surface area (Å²) in [7, 11) is -4.03. The van der Waals surface area contributed by atoms with Gasteiger partial charge in [-0.2, -0.15) is 13.5 Å². The first kappa shape index (κ1) is 24.7. The zero-order valence-corrected chi connectivity index (χ0v) is 20.2. The Hall–Kier alpha value is -4.42. The summed E-state index contributed by atoms with van der Waals surface area (Å²) in [6.45, 7) is 0. The van der Waals surface area contributed by atoms with Crippen molar-refractivity contribution in [3.8, 4) is 5.75 Å². The fourth-order valence-corrected chi connectivity index (χ4v) is 4.61. The molecule has 182 valence electrons. The molecule has 1 heterocycles. The molecule has 4 aromatic rings. The molecule has 0 fully saturated rings. The minimum atomic E-state index is -4.03. The predicted octanol–water partition coefficient (Wildman–Crippen LogP) is 3.25. The maximum Gasteiger partial charge on any atom is 0.339 e. The Morgan fingerprint density at radius 2 is 1.58 bits per heavy atom. The Balaban J connectivity index is 1.34. The van der Waals surface area contributed by atoms with E-state index >= 15 is 0 Å². The fraction of sp³-hybridized carbons (Fsp3) is 0.0417. The number of para-hydroxylation sites is 1. The molecular weight excluding hydrogens is 502 g/mol. The molecule has 3 aromatic carbocycles. The SMILES string of the molecule is O=C(Cc1nnc(NC(=O)c2ccccc2)s1)N/N=C/c1ccccc1OS(=O)(=O)c1ccccc1. The highest BCUT2D eigenvalue weighted by atomic mass is 32.2. The third kappa shape index (κ3) is 6.58. The van der Waals surface area contributed by atoms with Gasteiger partial charge < -0.3 is 4.18 Å². The Morgan fingerprint density at radius 1 is 0.917 bits per heavy atom. The second-order valence-corrected chi connectivity index (χ2v) is 9.79. The standard InChI is InChI=1S/C24H19N5O5S2/c30-21(15-22-28-29-24(35-22)26-23(31)17-9-3-1-4-10-17)27-25-16-18-11-7-8-14-20(18)34-36(32,33)19-12-5-2-6-13-19/h1-14,16H,15H2,(H,27,30)(H,26,29,31)/b25-16+. The number of benzene rings is 3. The van der Waals surface area contributed by atoms with Gasteiger partial charge in [-0.1, -0.05) is 59.9 Å². The van der Waals surface area contributed by atoms with Gasteiger partial charge in [0, 0.05) is 11.1 Å². The molecule has 0 bridgehead atoms. The molecule has 2 N–H and O–H groups in total. The van der Waals surface area contributed by atoms with E-state index in [1.807, 2.05) is 0 Å². The van der Waals surface area contributed by atoms with E-state index in [4.69, 9.17) is 4.18 Å². The van der Waals surface area contributed by atoms with E-state index in [0.29, 0.717) is 16.1 Å². The lowest BCUT2D eigenvalue weighted by Gasteiger charge is -2.09. The summed E-state index contributed by atoms with van der Waals surface area (Å²) in [4.78, 5) is 24.5. The highest BCUT2D eigenvalue weighted by Crippen LogP contribution is 2.22. The summed E-state index contributed by atoms with van der Waals surface area (Å²) < 4.78 is 30.3. The van der Waals surface area contributed by atoms with Gasteiger partial charge in [-0.25, -0.2) is 5.43 Å². The van der Waals surface area contributed by atoms with Crippen molar-refractivity contribution in [2.45, 2.75) is 11.3 Å². The van der Waals surface area contributed by atoms with Crippen LogP contribution in [0.25, 0.3) is 0 Å². The number of amides is 2. The van der Waals surface area contributed by atoms with Crippen molar-refractivity contribution >= 4 is 44.6 Å². The zero-order chi connectivity index (χ0) is 25.4. The monoisotopic (exact) mass is 521 g/mol. The van der Waals surface area contributed by atoms with Crippen LogP contribution in [0.4, 0.5) is 5.13 Å². The first-order valence-corrected chi connectivity index (χ1v) is 12.7. The quantitative estimate of drug-likeness (QED) is 0.196. The summed E-state index contributed by atoms with van der Waals surface area (Å²) in [5.41, 5.74) is 3.17. The topological polar surface area (TPSA) is 140 Å². The number of aromatic nitrogens is 2. The average molecular weight is 522 g/mol. The molecule has 4 rings (SSSR count). The van der Waals surface area contributed by atoms with Gasteiger partial charge in [-0.15, -0.1) is 10.2 Å². The van der Waals surface area contributed by atoms with Crippen LogP contribution in [0.1, 0.15) is 20.9 Å². The van der Waals surface area contributed by atoms with Crippen molar-refractivity contribution in [1.82, 2.24) is 15.6 Å². The molecule has 10 nitrogen and oxygen atoms in total. The number of hydrogen-bond acceptors (Lipinski definition) is 9. The summed E-state index contributed by atoms with van der Waals surface area (Å²) in [6, 6.07) is 22.8. The van der Waals surface area contributed by atoms with Crippen LogP contribution in [0.5, 0.6) is 5.75 Å². The van der Waals surface area contributed by atoms with Crippen molar-refractivity contribution in [3.05, 3.63) is 101 Å². The van der Waals surface area contributed by atoms with E-state index in [2.05, 4.69) is 26.0 Å². The Labute approximate surface area is 210 Å². The number of carbonyl (C=O) groups is 2. The zero-order valence-electron chi connectivity index (χ0n) is 18.6. The normalized spacial score (nSPS) is 11.2. The molecule has 0 aliphatic rings. The molecule has 0 saturated carbocycles. The Bertz CT molecular complexity index is 1490. The lowest BCUT2D eigenvalue weighted by atomic mass is 10.2. The number of rotatable bonds is 9. The number of hydrogen-bond donors (Lipinski definition) is 2. The van der Waals surface area contributed by atoms with Gasteiger partial charge in [0.05, 0.1) is 12.6 Å². The molecule has 2 amide bonds. The molecule has 0 unspecified atom stereocenters. The molecule has 36 heavy (non-hydrogen) atoms. The molecule has 0 aliphatic heterocycles. The summed E-state index contributed by atoms with van der Waals surface area (Å²) in [6.07, 6.45) is 1.16. The van der Waals surface area contributed by atoms with Crippen LogP contribution in [-0.2, 0) is 21.3 Å². The van der Waals surface area contributed by atoms with Crippen molar-refractivity contribution < 1.29 is 22.2 Å². The first-order valence-electron chi connectivity index (χ1n) is 10.5. The molecule has 0 saturated heterocycles. The highest BCUT2D eigenvalue weighted by Gasteiger charge is 2.17. The molecule has 12 heteroatoms. The molecule has 1 aromatic heterocycles. The average Bonchev–Trinajstić information content (AvgIpc) is 3.32. The van der Waals surface area contributed by atoms with E-state index in [1.165, 1.54) is 24.4 Å². The number of nitrogens with zero attached hydrogens (tertiary/aromatic N) is 3. The third-order valence-electron chi connectivity index (χ3n) is 4.58. The van der Waals surface area contributed by atoms with Gasteiger partial charge >= 0.3 is 10.1 Å². The maximum atomic E-state index is 12.5. The summed E-state index contributed by atoms with van der Waals surface area (Å²) in [5, 5.41) is 14.9. The number of anilines is 1. The van der Waals surface area contributed by atoms with Gasteiger partial charge in [0.15, 0.2) is 5.75 Å². The van der Waals surface area contributed by atoms with Crippen LogP contribution < -0.4 is 14.9 Å². The van der Waals surface area contributed by atoms with Gasteiger partial charge in [-0.3, -0.25) is 14.9 Å². The van der Waals surface area contributed by atoms with Crippen molar-refractivity contribution in [1.29, 1.82) is 0 Å². The van der Waals surface area contributed by atoms with Crippen molar-refractivity contribution in [2.75, 3.05) is 5.32 Å².